The van der Waals surface area contributed by atoms with Crippen molar-refractivity contribution in [2.45, 2.75) is 53.0 Å². The third kappa shape index (κ3) is 7.20. The second kappa shape index (κ2) is 11.3. The highest BCUT2D eigenvalue weighted by atomic mass is 16.2. The van der Waals surface area contributed by atoms with E-state index >= 15 is 0 Å². The molecule has 6 nitrogen and oxygen atoms in total. The molecule has 1 amide bonds. The zero-order valence-corrected chi connectivity index (χ0v) is 15.4. The van der Waals surface area contributed by atoms with Gasteiger partial charge in [0.15, 0.2) is 5.96 Å². The fraction of sp³-hybridized carbons (Fsp3) is 0.882. The van der Waals surface area contributed by atoms with Crippen molar-refractivity contribution in [2.75, 3.05) is 45.8 Å². The van der Waals surface area contributed by atoms with Gasteiger partial charge in [-0.25, -0.2) is 0 Å². The van der Waals surface area contributed by atoms with Crippen molar-refractivity contribution < 1.29 is 4.79 Å². The molecule has 0 spiro atoms. The first-order chi connectivity index (χ1) is 11.1. The molecule has 134 valence electrons. The predicted octanol–water partition coefficient (Wildman–Crippen LogP) is 1.28. The molecule has 0 radical (unpaired) electrons. The summed E-state index contributed by atoms with van der Waals surface area (Å²) in [5, 5.41) is 6.78. The van der Waals surface area contributed by atoms with Gasteiger partial charge in [-0.3, -0.25) is 9.79 Å². The first-order valence-electron chi connectivity index (χ1n) is 9.19. The monoisotopic (exact) mass is 325 g/mol. The maximum Gasteiger partial charge on any atom is 0.222 e. The number of hydrogen-bond donors (Lipinski definition) is 2. The highest BCUT2D eigenvalue weighted by molar-refractivity contribution is 5.80. The van der Waals surface area contributed by atoms with Crippen molar-refractivity contribution in [3.05, 3.63) is 0 Å². The number of carbonyl (C=O) groups excluding carboxylic acids is 1. The molecule has 0 bridgehead atoms. The lowest BCUT2D eigenvalue weighted by Crippen LogP contribution is -2.45. The second-order valence-corrected chi connectivity index (χ2v) is 5.96. The molecule has 1 aliphatic rings. The number of amides is 1. The van der Waals surface area contributed by atoms with Crippen LogP contribution in [0.15, 0.2) is 4.99 Å². The van der Waals surface area contributed by atoms with Crippen LogP contribution in [-0.2, 0) is 4.79 Å². The largest absolute Gasteiger partial charge is 0.357 e. The molecular formula is C17H35N5O. The second-order valence-electron chi connectivity index (χ2n) is 5.96. The minimum atomic E-state index is 0.246. The Balaban J connectivity index is 2.39. The van der Waals surface area contributed by atoms with E-state index in [1.807, 2.05) is 11.8 Å². The van der Waals surface area contributed by atoms with Gasteiger partial charge in [-0.05, 0) is 39.4 Å². The zero-order chi connectivity index (χ0) is 17.1. The molecule has 0 aromatic heterocycles. The van der Waals surface area contributed by atoms with Crippen molar-refractivity contribution in [1.29, 1.82) is 0 Å². The van der Waals surface area contributed by atoms with Crippen LogP contribution in [-0.4, -0.2) is 73.5 Å². The molecule has 1 atom stereocenters. The van der Waals surface area contributed by atoms with E-state index in [0.29, 0.717) is 12.5 Å². The zero-order valence-electron chi connectivity index (χ0n) is 15.4. The Morgan fingerprint density at radius 3 is 2.61 bits per heavy atom. The van der Waals surface area contributed by atoms with E-state index in [0.717, 1.165) is 64.6 Å². The summed E-state index contributed by atoms with van der Waals surface area (Å²) in [6, 6.07) is 0.311. The Bertz CT molecular complexity index is 368. The van der Waals surface area contributed by atoms with E-state index in [2.05, 4.69) is 41.3 Å². The molecule has 1 unspecified atom stereocenters. The number of likely N-dealkylation sites (tertiary alicyclic amines) is 1. The summed E-state index contributed by atoms with van der Waals surface area (Å²) < 4.78 is 0. The lowest BCUT2D eigenvalue weighted by molar-refractivity contribution is -0.129. The van der Waals surface area contributed by atoms with Crippen LogP contribution < -0.4 is 10.6 Å². The van der Waals surface area contributed by atoms with Gasteiger partial charge in [-0.15, -0.1) is 0 Å². The normalized spacial score (nSPS) is 18.6. The van der Waals surface area contributed by atoms with Gasteiger partial charge in [-0.2, -0.15) is 0 Å². The summed E-state index contributed by atoms with van der Waals surface area (Å²) in [6.07, 6.45) is 2.66. The number of hydrogen-bond acceptors (Lipinski definition) is 3. The topological polar surface area (TPSA) is 60.0 Å². The van der Waals surface area contributed by atoms with Crippen molar-refractivity contribution in [3.8, 4) is 0 Å². The highest BCUT2D eigenvalue weighted by Gasteiger charge is 2.25. The Morgan fingerprint density at radius 1 is 1.26 bits per heavy atom. The smallest absolute Gasteiger partial charge is 0.222 e. The van der Waals surface area contributed by atoms with E-state index in [9.17, 15) is 4.79 Å². The molecule has 2 N–H and O–H groups in total. The summed E-state index contributed by atoms with van der Waals surface area (Å²) in [7, 11) is 0. The van der Waals surface area contributed by atoms with Gasteiger partial charge >= 0.3 is 0 Å². The van der Waals surface area contributed by atoms with E-state index in [4.69, 9.17) is 0 Å². The number of nitrogens with zero attached hydrogens (tertiary/aromatic N) is 3. The predicted molar refractivity (Wildman–Crippen MR) is 96.8 cm³/mol. The minimum Gasteiger partial charge on any atom is -0.357 e. The van der Waals surface area contributed by atoms with Gasteiger partial charge in [0, 0.05) is 38.6 Å². The first kappa shape index (κ1) is 19.7. The molecule has 1 saturated heterocycles. The molecule has 0 aliphatic carbocycles. The third-order valence-electron chi connectivity index (χ3n) is 4.33. The Hall–Kier alpha value is -1.30. The summed E-state index contributed by atoms with van der Waals surface area (Å²) in [6.45, 7) is 15.0. The summed E-state index contributed by atoms with van der Waals surface area (Å²) in [5.41, 5.74) is 0. The van der Waals surface area contributed by atoms with Crippen LogP contribution in [0.4, 0.5) is 0 Å². The lowest BCUT2D eigenvalue weighted by atomic mass is 10.3. The molecule has 1 rings (SSSR count). The Morgan fingerprint density at radius 2 is 2.00 bits per heavy atom. The molecule has 1 fully saturated rings. The maximum atomic E-state index is 11.8. The number of nitrogens with one attached hydrogen (secondary N) is 2. The number of rotatable bonds is 9. The van der Waals surface area contributed by atoms with Crippen LogP contribution in [0.3, 0.4) is 0 Å². The molecule has 1 aliphatic heterocycles. The van der Waals surface area contributed by atoms with Crippen LogP contribution >= 0.6 is 0 Å². The average molecular weight is 326 g/mol. The Kier molecular flexibility index (Phi) is 9.67. The third-order valence-corrected chi connectivity index (χ3v) is 4.33. The fourth-order valence-electron chi connectivity index (χ4n) is 2.87. The number of carbonyl (C=O) groups is 1. The summed E-state index contributed by atoms with van der Waals surface area (Å²) in [5.74, 6) is 1.12. The summed E-state index contributed by atoms with van der Waals surface area (Å²) in [4.78, 5) is 20.8. The molecule has 1 heterocycles. The SMILES string of the molecule is CCNC(=NCCCN(CC)CC)NC1CCN(C(=O)CC)C1. The lowest BCUT2D eigenvalue weighted by Gasteiger charge is -2.19. The molecule has 0 aromatic rings. The van der Waals surface area contributed by atoms with Gasteiger partial charge in [-0.1, -0.05) is 20.8 Å². The number of guanidine groups is 1. The van der Waals surface area contributed by atoms with Gasteiger partial charge in [0.2, 0.25) is 5.91 Å². The fourth-order valence-corrected chi connectivity index (χ4v) is 2.87. The van der Waals surface area contributed by atoms with Crippen molar-refractivity contribution >= 4 is 11.9 Å². The summed E-state index contributed by atoms with van der Waals surface area (Å²) >= 11 is 0. The molecule has 6 heteroatoms. The minimum absolute atomic E-state index is 0.246. The van der Waals surface area contributed by atoms with Gasteiger partial charge < -0.3 is 20.4 Å². The van der Waals surface area contributed by atoms with Crippen molar-refractivity contribution in [2.24, 2.45) is 4.99 Å². The maximum absolute atomic E-state index is 11.8. The van der Waals surface area contributed by atoms with Crippen molar-refractivity contribution in [3.63, 3.8) is 0 Å². The first-order valence-corrected chi connectivity index (χ1v) is 9.19. The van der Waals surface area contributed by atoms with Crippen LogP contribution in [0, 0.1) is 0 Å². The Labute approximate surface area is 141 Å². The number of aliphatic imine (C=N–C) groups is 1. The van der Waals surface area contributed by atoms with Gasteiger partial charge in [0.05, 0.1) is 0 Å². The molecular weight excluding hydrogens is 290 g/mol. The quantitative estimate of drug-likeness (QED) is 0.381. The van der Waals surface area contributed by atoms with E-state index in [1.54, 1.807) is 0 Å². The average Bonchev–Trinajstić information content (AvgIpc) is 3.03. The molecule has 0 aromatic carbocycles. The standard InChI is InChI=1S/C17H35N5O/c1-5-16(23)22-13-10-15(14-22)20-17(18-6-2)19-11-9-12-21(7-3)8-4/h15H,5-14H2,1-4H3,(H2,18,19,20). The molecule has 23 heavy (non-hydrogen) atoms. The van der Waals surface area contributed by atoms with Crippen LogP contribution in [0.25, 0.3) is 0 Å². The van der Waals surface area contributed by atoms with E-state index in [1.165, 1.54) is 0 Å². The van der Waals surface area contributed by atoms with E-state index in [-0.39, 0.29) is 5.91 Å². The van der Waals surface area contributed by atoms with Crippen LogP contribution in [0.1, 0.15) is 47.0 Å². The van der Waals surface area contributed by atoms with Crippen molar-refractivity contribution in [1.82, 2.24) is 20.4 Å². The van der Waals surface area contributed by atoms with Crippen LogP contribution in [0.5, 0.6) is 0 Å². The van der Waals surface area contributed by atoms with E-state index < -0.39 is 0 Å². The molecule has 0 saturated carbocycles. The van der Waals surface area contributed by atoms with Gasteiger partial charge in [0.1, 0.15) is 0 Å². The highest BCUT2D eigenvalue weighted by Crippen LogP contribution is 2.10. The van der Waals surface area contributed by atoms with Crippen LogP contribution in [0.2, 0.25) is 0 Å². The van der Waals surface area contributed by atoms with Gasteiger partial charge in [0.25, 0.3) is 0 Å².